The molecule has 1 aliphatic heterocycles. The molecule has 0 saturated carbocycles. The lowest BCUT2D eigenvalue weighted by Crippen LogP contribution is -2.31. The molecule has 1 saturated heterocycles. The standard InChI is InChI=1S/C21H22FN3O/c1-16(26)21-19(22)4-2-5-20(21)25-11-3-10-24(12-13-25)15-18-8-6-17(14-23)7-9-18/h2,4-9H,3,10-13,15H2,1H3. The van der Waals surface area contributed by atoms with Gasteiger partial charge in [0.05, 0.1) is 22.9 Å². The van der Waals surface area contributed by atoms with E-state index in [1.54, 1.807) is 6.07 Å². The van der Waals surface area contributed by atoms with E-state index >= 15 is 0 Å². The first-order valence-electron chi connectivity index (χ1n) is 8.84. The highest BCUT2D eigenvalue weighted by Crippen LogP contribution is 2.25. The highest BCUT2D eigenvalue weighted by molar-refractivity contribution is 6.00. The predicted molar refractivity (Wildman–Crippen MR) is 99.7 cm³/mol. The summed E-state index contributed by atoms with van der Waals surface area (Å²) in [5, 5.41) is 8.89. The van der Waals surface area contributed by atoms with Gasteiger partial charge in [-0.2, -0.15) is 5.26 Å². The Morgan fingerprint density at radius 3 is 2.58 bits per heavy atom. The van der Waals surface area contributed by atoms with Gasteiger partial charge in [-0.1, -0.05) is 18.2 Å². The number of halogens is 1. The Labute approximate surface area is 153 Å². The van der Waals surface area contributed by atoms with Gasteiger partial charge in [0.15, 0.2) is 5.78 Å². The van der Waals surface area contributed by atoms with Crippen LogP contribution in [0.4, 0.5) is 10.1 Å². The average molecular weight is 351 g/mol. The molecule has 0 amide bonds. The molecule has 1 aliphatic rings. The lowest BCUT2D eigenvalue weighted by atomic mass is 10.1. The van der Waals surface area contributed by atoms with E-state index in [1.165, 1.54) is 18.6 Å². The van der Waals surface area contributed by atoms with Crippen molar-refractivity contribution in [2.45, 2.75) is 19.9 Å². The van der Waals surface area contributed by atoms with Gasteiger partial charge in [0.25, 0.3) is 0 Å². The van der Waals surface area contributed by atoms with Crippen LogP contribution in [0.3, 0.4) is 0 Å². The SMILES string of the molecule is CC(=O)c1c(F)cccc1N1CCCN(Cc2ccc(C#N)cc2)CC1. The smallest absolute Gasteiger partial charge is 0.164 e. The molecular formula is C21H22FN3O. The van der Waals surface area contributed by atoms with Crippen molar-refractivity contribution in [1.82, 2.24) is 4.90 Å². The Balaban J connectivity index is 1.70. The van der Waals surface area contributed by atoms with E-state index in [0.29, 0.717) is 11.3 Å². The van der Waals surface area contributed by atoms with Crippen LogP contribution >= 0.6 is 0 Å². The van der Waals surface area contributed by atoms with Gasteiger partial charge >= 0.3 is 0 Å². The maximum Gasteiger partial charge on any atom is 0.164 e. The molecule has 0 aliphatic carbocycles. The Kier molecular flexibility index (Phi) is 5.65. The molecule has 0 spiro atoms. The molecule has 0 unspecified atom stereocenters. The number of anilines is 1. The zero-order valence-electron chi connectivity index (χ0n) is 14.9. The summed E-state index contributed by atoms with van der Waals surface area (Å²) in [6, 6.07) is 14.6. The lowest BCUT2D eigenvalue weighted by molar-refractivity contribution is 0.101. The monoisotopic (exact) mass is 351 g/mol. The fourth-order valence-electron chi connectivity index (χ4n) is 3.44. The van der Waals surface area contributed by atoms with E-state index in [2.05, 4.69) is 15.9 Å². The molecule has 1 fully saturated rings. The third-order valence-electron chi connectivity index (χ3n) is 4.76. The van der Waals surface area contributed by atoms with E-state index < -0.39 is 5.82 Å². The zero-order valence-corrected chi connectivity index (χ0v) is 14.9. The molecule has 1 heterocycles. The molecule has 0 atom stereocenters. The summed E-state index contributed by atoms with van der Waals surface area (Å²) in [7, 11) is 0. The van der Waals surface area contributed by atoms with Gasteiger partial charge in [-0.25, -0.2) is 4.39 Å². The van der Waals surface area contributed by atoms with Crippen LogP contribution in [0.5, 0.6) is 0 Å². The summed E-state index contributed by atoms with van der Waals surface area (Å²) < 4.78 is 14.1. The van der Waals surface area contributed by atoms with Gasteiger partial charge in [0.2, 0.25) is 0 Å². The third-order valence-corrected chi connectivity index (χ3v) is 4.76. The Morgan fingerprint density at radius 1 is 1.12 bits per heavy atom. The van der Waals surface area contributed by atoms with Crippen LogP contribution < -0.4 is 4.90 Å². The molecule has 4 nitrogen and oxygen atoms in total. The molecule has 26 heavy (non-hydrogen) atoms. The lowest BCUT2D eigenvalue weighted by Gasteiger charge is -2.25. The number of ketones is 1. The van der Waals surface area contributed by atoms with Crippen molar-refractivity contribution in [3.8, 4) is 6.07 Å². The van der Waals surface area contributed by atoms with E-state index in [9.17, 15) is 9.18 Å². The second-order valence-electron chi connectivity index (χ2n) is 6.62. The molecule has 2 aromatic carbocycles. The number of nitriles is 1. The van der Waals surface area contributed by atoms with E-state index in [4.69, 9.17) is 5.26 Å². The molecular weight excluding hydrogens is 329 g/mol. The number of rotatable bonds is 4. The Hall–Kier alpha value is -2.71. The second-order valence-corrected chi connectivity index (χ2v) is 6.62. The number of hydrogen-bond acceptors (Lipinski definition) is 4. The summed E-state index contributed by atoms with van der Waals surface area (Å²) in [5.41, 5.74) is 2.72. The van der Waals surface area contributed by atoms with Crippen LogP contribution in [0.2, 0.25) is 0 Å². The average Bonchev–Trinajstić information content (AvgIpc) is 2.87. The van der Waals surface area contributed by atoms with Gasteiger partial charge in [-0.3, -0.25) is 9.69 Å². The molecule has 0 N–H and O–H groups in total. The van der Waals surface area contributed by atoms with Crippen molar-refractivity contribution in [2.75, 3.05) is 31.1 Å². The molecule has 0 bridgehead atoms. The predicted octanol–water partition coefficient (Wildman–Crippen LogP) is 3.61. The minimum atomic E-state index is -0.450. The van der Waals surface area contributed by atoms with Crippen LogP contribution in [-0.4, -0.2) is 36.9 Å². The molecule has 0 radical (unpaired) electrons. The molecule has 2 aromatic rings. The van der Waals surface area contributed by atoms with Crippen molar-refractivity contribution in [2.24, 2.45) is 0 Å². The summed E-state index contributed by atoms with van der Waals surface area (Å²) in [6.45, 7) is 5.57. The fraction of sp³-hybridized carbons (Fsp3) is 0.333. The maximum atomic E-state index is 14.1. The van der Waals surface area contributed by atoms with Crippen LogP contribution in [0.15, 0.2) is 42.5 Å². The Bertz CT molecular complexity index is 826. The van der Waals surface area contributed by atoms with Crippen molar-refractivity contribution >= 4 is 11.5 Å². The summed E-state index contributed by atoms with van der Waals surface area (Å²) in [5.74, 6) is -0.689. The van der Waals surface area contributed by atoms with Gasteiger partial charge < -0.3 is 4.90 Å². The van der Waals surface area contributed by atoms with Crippen LogP contribution in [0, 0.1) is 17.1 Å². The first-order valence-corrected chi connectivity index (χ1v) is 8.84. The van der Waals surface area contributed by atoms with Crippen LogP contribution in [0.25, 0.3) is 0 Å². The first kappa shape index (κ1) is 18.1. The van der Waals surface area contributed by atoms with Crippen molar-refractivity contribution in [3.63, 3.8) is 0 Å². The summed E-state index contributed by atoms with van der Waals surface area (Å²) in [4.78, 5) is 16.3. The van der Waals surface area contributed by atoms with Gasteiger partial charge in [0, 0.05) is 32.7 Å². The quantitative estimate of drug-likeness (QED) is 0.790. The van der Waals surface area contributed by atoms with E-state index in [-0.39, 0.29) is 11.3 Å². The summed E-state index contributed by atoms with van der Waals surface area (Å²) in [6.07, 6.45) is 0.949. The molecule has 5 heteroatoms. The highest BCUT2D eigenvalue weighted by atomic mass is 19.1. The first-order chi connectivity index (χ1) is 12.6. The number of hydrogen-bond donors (Lipinski definition) is 0. The largest absolute Gasteiger partial charge is 0.370 e. The van der Waals surface area contributed by atoms with E-state index in [0.717, 1.165) is 39.1 Å². The summed E-state index contributed by atoms with van der Waals surface area (Å²) >= 11 is 0. The van der Waals surface area contributed by atoms with Crippen molar-refractivity contribution in [3.05, 3.63) is 65.0 Å². The zero-order chi connectivity index (χ0) is 18.5. The van der Waals surface area contributed by atoms with Crippen LogP contribution in [0.1, 0.15) is 34.8 Å². The maximum absolute atomic E-state index is 14.1. The number of benzene rings is 2. The minimum absolute atomic E-state index is 0.188. The molecule has 3 rings (SSSR count). The van der Waals surface area contributed by atoms with E-state index in [1.807, 2.05) is 30.3 Å². The Morgan fingerprint density at radius 2 is 1.88 bits per heavy atom. The normalized spacial score (nSPS) is 15.3. The van der Waals surface area contributed by atoms with Crippen molar-refractivity contribution < 1.29 is 9.18 Å². The molecule has 134 valence electrons. The number of nitrogens with zero attached hydrogens (tertiary/aromatic N) is 3. The number of carbonyl (C=O) groups is 1. The fourth-order valence-corrected chi connectivity index (χ4v) is 3.44. The third kappa shape index (κ3) is 4.09. The molecule has 0 aromatic heterocycles. The van der Waals surface area contributed by atoms with Crippen LogP contribution in [-0.2, 0) is 6.54 Å². The topological polar surface area (TPSA) is 47.3 Å². The van der Waals surface area contributed by atoms with Gasteiger partial charge in [0.1, 0.15) is 5.82 Å². The number of Topliss-reactive ketones (excluding diaryl/α,β-unsaturated/α-hetero) is 1. The van der Waals surface area contributed by atoms with Gasteiger partial charge in [-0.15, -0.1) is 0 Å². The minimum Gasteiger partial charge on any atom is -0.370 e. The highest BCUT2D eigenvalue weighted by Gasteiger charge is 2.21. The van der Waals surface area contributed by atoms with Crippen molar-refractivity contribution in [1.29, 1.82) is 5.26 Å². The number of carbonyl (C=O) groups excluding carboxylic acids is 1. The van der Waals surface area contributed by atoms with Gasteiger partial charge in [-0.05, 0) is 43.2 Å². The second kappa shape index (κ2) is 8.11.